The number of carbonyl (C=O) groups excluding carboxylic acids is 6. The highest BCUT2D eigenvalue weighted by Crippen LogP contribution is 2.41. The Morgan fingerprint density at radius 3 is 1.44 bits per heavy atom. The van der Waals surface area contributed by atoms with Crippen molar-refractivity contribution in [3.63, 3.8) is 0 Å². The molecular formula is C50H36N10O10. The lowest BCUT2D eigenvalue weighted by atomic mass is 9.99. The molecular weight excluding hydrogens is 901 g/mol. The third-order valence-electron chi connectivity index (χ3n) is 11.3. The van der Waals surface area contributed by atoms with Crippen LogP contribution < -0.4 is 42.5 Å². The van der Waals surface area contributed by atoms with Crippen LogP contribution in [0.4, 0.5) is 43.7 Å². The topological polar surface area (TPSA) is 285 Å². The van der Waals surface area contributed by atoms with E-state index in [1.54, 1.807) is 42.5 Å². The summed E-state index contributed by atoms with van der Waals surface area (Å²) in [5, 5.41) is 44.1. The number of nitro groups is 2. The molecule has 0 saturated carbocycles. The molecule has 2 fully saturated rings. The minimum atomic E-state index is -0.627. The van der Waals surface area contributed by atoms with Crippen molar-refractivity contribution in [1.82, 2.24) is 21.3 Å². The van der Waals surface area contributed by atoms with E-state index in [9.17, 15) is 49.0 Å². The van der Waals surface area contributed by atoms with Gasteiger partial charge in [0.05, 0.1) is 32.4 Å². The lowest BCUT2D eigenvalue weighted by Crippen LogP contribution is -2.31. The molecule has 0 aliphatic carbocycles. The number of carbonyl (C=O) groups is 6. The highest BCUT2D eigenvalue weighted by Gasteiger charge is 2.33. The van der Waals surface area contributed by atoms with Crippen LogP contribution in [0.5, 0.6) is 0 Å². The van der Waals surface area contributed by atoms with Gasteiger partial charge < -0.3 is 31.9 Å². The summed E-state index contributed by atoms with van der Waals surface area (Å²) in [6, 6.07) is 39.4. The maximum atomic E-state index is 13.0. The Morgan fingerprint density at radius 1 is 0.529 bits per heavy atom. The maximum Gasteiger partial charge on any atom is 0.326 e. The Balaban J connectivity index is 0.000000174. The van der Waals surface area contributed by atoms with E-state index >= 15 is 0 Å². The number of fused-ring (bicyclic) bond motifs is 2. The van der Waals surface area contributed by atoms with Crippen molar-refractivity contribution in [1.29, 1.82) is 0 Å². The van der Waals surface area contributed by atoms with Crippen LogP contribution in [0.1, 0.15) is 33.4 Å². The van der Waals surface area contributed by atoms with E-state index < -0.39 is 33.9 Å². The molecule has 0 radical (unpaired) electrons. The molecule has 4 aliphatic heterocycles. The van der Waals surface area contributed by atoms with Crippen molar-refractivity contribution in [2.24, 2.45) is 0 Å². The van der Waals surface area contributed by atoms with Crippen LogP contribution in [-0.4, -0.2) is 51.6 Å². The summed E-state index contributed by atoms with van der Waals surface area (Å²) in [6.45, 7) is 0. The number of nitrogens with zero attached hydrogens (tertiary/aromatic N) is 2. The zero-order chi connectivity index (χ0) is 49.1. The third-order valence-corrected chi connectivity index (χ3v) is 11.3. The first-order valence-corrected chi connectivity index (χ1v) is 21.3. The van der Waals surface area contributed by atoms with Crippen molar-refractivity contribution in [3.8, 4) is 0 Å². The first-order chi connectivity index (χ1) is 33.8. The van der Waals surface area contributed by atoms with E-state index in [2.05, 4.69) is 42.5 Å². The molecule has 1 unspecified atom stereocenters. The Bertz CT molecular complexity index is 3300. The van der Waals surface area contributed by atoms with Crippen LogP contribution in [0.15, 0.2) is 151 Å². The van der Waals surface area contributed by atoms with E-state index in [-0.39, 0.29) is 40.4 Å². The first-order valence-electron chi connectivity index (χ1n) is 21.3. The fraction of sp³-hybridized carbons (Fsp3) is 0.0400. The molecule has 0 aromatic heterocycles. The van der Waals surface area contributed by atoms with Crippen molar-refractivity contribution >= 4 is 98.4 Å². The number of anilines is 4. The van der Waals surface area contributed by atoms with Gasteiger partial charge in [-0.05, 0) is 64.7 Å². The Morgan fingerprint density at radius 2 is 1.01 bits per heavy atom. The second kappa shape index (κ2) is 18.9. The molecule has 10 rings (SSSR count). The molecule has 1 atom stereocenters. The van der Waals surface area contributed by atoms with Gasteiger partial charge in [0.1, 0.15) is 11.7 Å². The number of nitrogens with one attached hydrogen (secondary N) is 8. The standard InChI is InChI=1S/C25H19N5O5.C25H17N5O5/c2*31-23-20(28-25(33)29-23)12-14-6-8-16(9-7-14)26-22(15-4-2-1-3-5-15)21-18-13-17(30(34)35)10-11-19(18)27-24(21)32/h1-11,13,20,26H,12H2,(H,27,32)(H2,28,29,31,33);1-13,26H,(H,27,32)(H2,28,29,31,33). The van der Waals surface area contributed by atoms with E-state index in [0.29, 0.717) is 68.4 Å². The summed E-state index contributed by atoms with van der Waals surface area (Å²) in [7, 11) is 0. The van der Waals surface area contributed by atoms with Crippen molar-refractivity contribution < 1.29 is 38.6 Å². The molecule has 8 N–H and O–H groups in total. The molecule has 4 heterocycles. The van der Waals surface area contributed by atoms with Gasteiger partial charge in [-0.1, -0.05) is 84.9 Å². The molecule has 8 amide bonds. The predicted molar refractivity (Wildman–Crippen MR) is 259 cm³/mol. The number of benzene rings is 6. The summed E-state index contributed by atoms with van der Waals surface area (Å²) in [6.07, 6.45) is 1.88. The zero-order valence-corrected chi connectivity index (χ0v) is 36.2. The molecule has 0 spiro atoms. The number of nitro benzene ring substituents is 2. The Labute approximate surface area is 395 Å². The van der Waals surface area contributed by atoms with Crippen LogP contribution in [0, 0.1) is 20.2 Å². The number of rotatable bonds is 11. The summed E-state index contributed by atoms with van der Waals surface area (Å²) in [5.74, 6) is -1.62. The fourth-order valence-electron chi connectivity index (χ4n) is 7.96. The smallest absolute Gasteiger partial charge is 0.326 e. The first kappa shape index (κ1) is 44.9. The van der Waals surface area contributed by atoms with Crippen LogP contribution in [0.3, 0.4) is 0 Å². The summed E-state index contributed by atoms with van der Waals surface area (Å²) in [5.41, 5.74) is 7.60. The second-order valence-electron chi connectivity index (χ2n) is 15.9. The van der Waals surface area contributed by atoms with E-state index in [0.717, 1.165) is 11.1 Å². The third kappa shape index (κ3) is 9.53. The van der Waals surface area contributed by atoms with Crippen molar-refractivity contribution in [2.45, 2.75) is 12.5 Å². The monoisotopic (exact) mass is 936 g/mol. The maximum absolute atomic E-state index is 13.0. The Hall–Kier alpha value is -10.2. The lowest BCUT2D eigenvalue weighted by molar-refractivity contribution is -0.385. The molecule has 70 heavy (non-hydrogen) atoms. The Kier molecular flexibility index (Phi) is 12.2. The number of hydrogen-bond donors (Lipinski definition) is 8. The molecule has 6 aromatic rings. The van der Waals surface area contributed by atoms with Gasteiger partial charge in [-0.3, -0.25) is 50.0 Å². The number of imide groups is 2. The average Bonchev–Trinajstić information content (AvgIpc) is 4.07. The zero-order valence-electron chi connectivity index (χ0n) is 36.2. The second-order valence-corrected chi connectivity index (χ2v) is 15.9. The minimum absolute atomic E-state index is 0.113. The summed E-state index contributed by atoms with van der Waals surface area (Å²) >= 11 is 0. The number of amides is 8. The van der Waals surface area contributed by atoms with Gasteiger partial charge in [0.15, 0.2) is 0 Å². The van der Waals surface area contributed by atoms with Gasteiger partial charge in [0, 0.05) is 64.6 Å². The van der Waals surface area contributed by atoms with E-state index in [1.807, 2.05) is 72.8 Å². The largest absolute Gasteiger partial charge is 0.354 e. The normalized spacial score (nSPS) is 17.4. The molecule has 20 nitrogen and oxygen atoms in total. The highest BCUT2D eigenvalue weighted by molar-refractivity contribution is 6.38. The minimum Gasteiger partial charge on any atom is -0.354 e. The molecule has 2 saturated heterocycles. The van der Waals surface area contributed by atoms with Crippen molar-refractivity contribution in [2.75, 3.05) is 21.3 Å². The number of non-ortho nitro benzene ring substituents is 2. The van der Waals surface area contributed by atoms with E-state index in [4.69, 9.17) is 0 Å². The molecule has 346 valence electrons. The average molecular weight is 937 g/mol. The van der Waals surface area contributed by atoms with Gasteiger partial charge in [-0.25, -0.2) is 9.59 Å². The predicted octanol–water partition coefficient (Wildman–Crippen LogP) is 6.99. The van der Waals surface area contributed by atoms with Gasteiger partial charge >= 0.3 is 12.1 Å². The van der Waals surface area contributed by atoms with Gasteiger partial charge in [-0.15, -0.1) is 0 Å². The number of hydrogen-bond acceptors (Lipinski definition) is 12. The van der Waals surface area contributed by atoms with Crippen molar-refractivity contribution in [3.05, 3.63) is 205 Å². The van der Waals surface area contributed by atoms with Gasteiger partial charge in [0.25, 0.3) is 35.0 Å². The summed E-state index contributed by atoms with van der Waals surface area (Å²) < 4.78 is 0. The van der Waals surface area contributed by atoms with E-state index in [1.165, 1.54) is 36.4 Å². The molecule has 4 aliphatic rings. The van der Waals surface area contributed by atoms with Crippen LogP contribution >= 0.6 is 0 Å². The molecule has 20 heteroatoms. The molecule has 0 bridgehead atoms. The SMILES string of the molecule is O=C1NC(=O)C(=Cc2ccc(NC(=C3C(=O)Nc4ccc([N+](=O)[O-])cc43)c3ccccc3)cc2)N1.O=C1NC(=O)C(Cc2ccc(NC(=C3C(=O)Nc4ccc([N+](=O)[O-])cc43)c3ccccc3)cc2)N1. The highest BCUT2D eigenvalue weighted by atomic mass is 16.6. The van der Waals surface area contributed by atoms with Crippen LogP contribution in [0.25, 0.3) is 28.6 Å². The fourth-order valence-corrected chi connectivity index (χ4v) is 7.96. The van der Waals surface area contributed by atoms with Crippen LogP contribution in [0.2, 0.25) is 0 Å². The van der Waals surface area contributed by atoms with Crippen LogP contribution in [-0.2, 0) is 25.6 Å². The van der Waals surface area contributed by atoms with Gasteiger partial charge in [-0.2, -0.15) is 0 Å². The molecule has 6 aromatic carbocycles. The number of urea groups is 2. The quantitative estimate of drug-likeness (QED) is 0.0283. The summed E-state index contributed by atoms with van der Waals surface area (Å²) in [4.78, 5) is 93.8. The lowest BCUT2D eigenvalue weighted by Gasteiger charge is -2.15. The van der Waals surface area contributed by atoms with Gasteiger partial charge in [0.2, 0.25) is 0 Å².